The van der Waals surface area contributed by atoms with Gasteiger partial charge in [0.15, 0.2) is 0 Å². The summed E-state index contributed by atoms with van der Waals surface area (Å²) in [6.45, 7) is 0.512. The van der Waals surface area contributed by atoms with Crippen LogP contribution in [-0.2, 0) is 0 Å². The minimum Gasteiger partial charge on any atom is -0.378 e. The third-order valence-electron chi connectivity index (χ3n) is 3.99. The molecule has 0 aliphatic heterocycles. The van der Waals surface area contributed by atoms with Crippen LogP contribution in [0.4, 0.5) is 5.69 Å². The number of rotatable bonds is 6. The number of carbonyl (C=O) groups excluding carboxylic acids is 1. The summed E-state index contributed by atoms with van der Waals surface area (Å²) in [7, 11) is 8.04. The number of likely N-dealkylation sites (N-methyl/N-ethyl adjacent to an activating group) is 1. The predicted octanol–water partition coefficient (Wildman–Crippen LogP) is 3.44. The number of hydrogen-bond acceptors (Lipinski definition) is 3. The van der Waals surface area contributed by atoms with Crippen LogP contribution in [0, 0.1) is 0 Å². The second-order valence-corrected chi connectivity index (χ2v) is 6.56. The van der Waals surface area contributed by atoms with Crippen molar-refractivity contribution in [1.29, 1.82) is 0 Å². The van der Waals surface area contributed by atoms with E-state index in [-0.39, 0.29) is 11.9 Å². The summed E-state index contributed by atoms with van der Waals surface area (Å²) < 4.78 is 0. The van der Waals surface area contributed by atoms with E-state index in [1.54, 1.807) is 12.1 Å². The normalized spacial score (nSPS) is 12.1. The molecule has 0 aromatic heterocycles. The summed E-state index contributed by atoms with van der Waals surface area (Å²) in [5.41, 5.74) is 2.81. The van der Waals surface area contributed by atoms with Crippen molar-refractivity contribution < 1.29 is 4.79 Å². The Kier molecular flexibility index (Phi) is 6.23. The van der Waals surface area contributed by atoms with Crippen molar-refractivity contribution in [2.75, 3.05) is 39.6 Å². The van der Waals surface area contributed by atoms with E-state index < -0.39 is 0 Å². The molecule has 0 saturated heterocycles. The molecule has 0 heterocycles. The van der Waals surface area contributed by atoms with Crippen LogP contribution in [0.15, 0.2) is 48.5 Å². The minimum atomic E-state index is -0.155. The monoisotopic (exact) mass is 345 g/mol. The summed E-state index contributed by atoms with van der Waals surface area (Å²) in [4.78, 5) is 16.5. The Balaban J connectivity index is 2.09. The van der Waals surface area contributed by atoms with Gasteiger partial charge >= 0.3 is 0 Å². The fourth-order valence-corrected chi connectivity index (χ4v) is 2.74. The van der Waals surface area contributed by atoms with Gasteiger partial charge in [0.05, 0.1) is 16.6 Å². The third kappa shape index (κ3) is 4.49. The molecule has 2 rings (SSSR count). The maximum absolute atomic E-state index is 12.3. The standard InChI is InChI=1S/C19H24ClN3O/c1-22(2)15-11-9-14(10-12-15)18(23(3)4)13-21-19(24)16-7-5-6-8-17(16)20/h5-12,18H,13H2,1-4H3,(H,21,24)/t18-/m0/s1. The number of nitrogens with zero attached hydrogens (tertiary/aromatic N) is 2. The Morgan fingerprint density at radius 2 is 1.67 bits per heavy atom. The molecule has 5 heteroatoms. The Bertz CT molecular complexity index is 683. The molecule has 4 nitrogen and oxygen atoms in total. The number of benzene rings is 2. The maximum Gasteiger partial charge on any atom is 0.252 e. The smallest absolute Gasteiger partial charge is 0.252 e. The SMILES string of the molecule is CN(C)c1ccc([C@H](CNC(=O)c2ccccc2Cl)N(C)C)cc1. The molecule has 0 aliphatic rings. The first-order chi connectivity index (χ1) is 11.4. The van der Waals surface area contributed by atoms with Crippen molar-refractivity contribution >= 4 is 23.2 Å². The number of anilines is 1. The van der Waals surface area contributed by atoms with Gasteiger partial charge in [-0.25, -0.2) is 0 Å². The summed E-state index contributed by atoms with van der Waals surface area (Å²) in [5, 5.41) is 3.45. The topological polar surface area (TPSA) is 35.6 Å². The van der Waals surface area contributed by atoms with Crippen LogP contribution < -0.4 is 10.2 Å². The largest absolute Gasteiger partial charge is 0.378 e. The summed E-state index contributed by atoms with van der Waals surface area (Å²) in [6.07, 6.45) is 0. The van der Waals surface area contributed by atoms with E-state index in [9.17, 15) is 4.79 Å². The molecular formula is C19H24ClN3O. The molecule has 0 saturated carbocycles. The molecule has 0 aliphatic carbocycles. The highest BCUT2D eigenvalue weighted by atomic mass is 35.5. The highest BCUT2D eigenvalue weighted by Crippen LogP contribution is 2.21. The molecule has 1 atom stereocenters. The van der Waals surface area contributed by atoms with Crippen LogP contribution in [0.1, 0.15) is 22.0 Å². The van der Waals surface area contributed by atoms with Gasteiger partial charge in [0.25, 0.3) is 5.91 Å². The average Bonchev–Trinajstić information content (AvgIpc) is 2.55. The van der Waals surface area contributed by atoms with E-state index in [4.69, 9.17) is 11.6 Å². The number of nitrogens with one attached hydrogen (secondary N) is 1. The van der Waals surface area contributed by atoms with Crippen LogP contribution in [0.2, 0.25) is 5.02 Å². The Labute approximate surface area is 149 Å². The van der Waals surface area contributed by atoms with Crippen molar-refractivity contribution in [1.82, 2.24) is 10.2 Å². The number of halogens is 1. The molecule has 0 radical (unpaired) electrons. The van der Waals surface area contributed by atoms with Crippen molar-refractivity contribution in [2.45, 2.75) is 6.04 Å². The van der Waals surface area contributed by atoms with Gasteiger partial charge in [-0.15, -0.1) is 0 Å². The summed E-state index contributed by atoms with van der Waals surface area (Å²) in [5.74, 6) is -0.155. The summed E-state index contributed by atoms with van der Waals surface area (Å²) in [6, 6.07) is 15.5. The lowest BCUT2D eigenvalue weighted by Crippen LogP contribution is -2.34. The lowest BCUT2D eigenvalue weighted by atomic mass is 10.0. The minimum absolute atomic E-state index is 0.0904. The summed E-state index contributed by atoms with van der Waals surface area (Å²) >= 11 is 6.09. The van der Waals surface area contributed by atoms with Gasteiger partial charge < -0.3 is 15.1 Å². The van der Waals surface area contributed by atoms with Gasteiger partial charge in [0, 0.05) is 26.3 Å². The molecule has 24 heavy (non-hydrogen) atoms. The van der Waals surface area contributed by atoms with E-state index in [0.717, 1.165) is 11.3 Å². The number of amides is 1. The van der Waals surface area contributed by atoms with E-state index >= 15 is 0 Å². The molecule has 0 bridgehead atoms. The Hall–Kier alpha value is -2.04. The first-order valence-electron chi connectivity index (χ1n) is 7.86. The molecule has 1 N–H and O–H groups in total. The molecule has 128 valence electrons. The van der Waals surface area contributed by atoms with Gasteiger partial charge in [-0.2, -0.15) is 0 Å². The fourth-order valence-electron chi connectivity index (χ4n) is 2.52. The van der Waals surface area contributed by atoms with Crippen LogP contribution in [0.3, 0.4) is 0 Å². The van der Waals surface area contributed by atoms with Crippen LogP contribution in [-0.4, -0.2) is 45.5 Å². The van der Waals surface area contributed by atoms with E-state index in [0.29, 0.717) is 17.1 Å². The van der Waals surface area contributed by atoms with Gasteiger partial charge in [0.2, 0.25) is 0 Å². The Morgan fingerprint density at radius 1 is 1.04 bits per heavy atom. The molecular weight excluding hydrogens is 322 g/mol. The Morgan fingerprint density at radius 3 is 2.21 bits per heavy atom. The second kappa shape index (κ2) is 8.18. The molecule has 2 aromatic rings. The number of hydrogen-bond donors (Lipinski definition) is 1. The van der Waals surface area contributed by atoms with Crippen LogP contribution in [0.25, 0.3) is 0 Å². The zero-order valence-corrected chi connectivity index (χ0v) is 15.3. The second-order valence-electron chi connectivity index (χ2n) is 6.16. The zero-order valence-electron chi connectivity index (χ0n) is 14.6. The lowest BCUT2D eigenvalue weighted by molar-refractivity contribution is 0.0942. The first-order valence-corrected chi connectivity index (χ1v) is 8.24. The van der Waals surface area contributed by atoms with Gasteiger partial charge in [0.1, 0.15) is 0 Å². The third-order valence-corrected chi connectivity index (χ3v) is 4.32. The molecule has 0 spiro atoms. The van der Waals surface area contributed by atoms with Crippen LogP contribution >= 0.6 is 11.6 Å². The van der Waals surface area contributed by atoms with Crippen molar-refractivity contribution in [3.63, 3.8) is 0 Å². The van der Waals surface area contributed by atoms with Crippen LogP contribution in [0.5, 0.6) is 0 Å². The quantitative estimate of drug-likeness (QED) is 0.871. The first kappa shape index (κ1) is 18.3. The average molecular weight is 346 g/mol. The van der Waals surface area contributed by atoms with E-state index in [1.807, 2.05) is 40.3 Å². The van der Waals surface area contributed by atoms with Gasteiger partial charge in [-0.3, -0.25) is 4.79 Å². The zero-order chi connectivity index (χ0) is 17.7. The van der Waals surface area contributed by atoms with Gasteiger partial charge in [-0.1, -0.05) is 35.9 Å². The molecule has 2 aromatic carbocycles. The lowest BCUT2D eigenvalue weighted by Gasteiger charge is -2.26. The van der Waals surface area contributed by atoms with Gasteiger partial charge in [-0.05, 0) is 43.9 Å². The molecule has 0 unspecified atom stereocenters. The fraction of sp³-hybridized carbons (Fsp3) is 0.316. The van der Waals surface area contributed by atoms with E-state index in [1.165, 1.54) is 0 Å². The highest BCUT2D eigenvalue weighted by molar-refractivity contribution is 6.33. The van der Waals surface area contributed by atoms with Crippen molar-refractivity contribution in [3.05, 3.63) is 64.7 Å². The van der Waals surface area contributed by atoms with Crippen molar-refractivity contribution in [3.8, 4) is 0 Å². The van der Waals surface area contributed by atoms with E-state index in [2.05, 4.69) is 39.4 Å². The van der Waals surface area contributed by atoms with Crippen molar-refractivity contribution in [2.24, 2.45) is 0 Å². The maximum atomic E-state index is 12.3. The molecule has 1 amide bonds. The molecule has 0 fully saturated rings. The highest BCUT2D eigenvalue weighted by Gasteiger charge is 2.17. The number of carbonyl (C=O) groups is 1. The predicted molar refractivity (Wildman–Crippen MR) is 101 cm³/mol.